The van der Waals surface area contributed by atoms with Crippen molar-refractivity contribution < 1.29 is 0 Å². The van der Waals surface area contributed by atoms with Gasteiger partial charge in [-0.15, -0.1) is 0 Å². The molecule has 2 nitrogen and oxygen atoms in total. The number of para-hydroxylation sites is 1. The van der Waals surface area contributed by atoms with E-state index < -0.39 is 0 Å². The van der Waals surface area contributed by atoms with E-state index >= 15 is 0 Å². The SMILES string of the molecule is CN(c1ccccc1)c1ccc(Cl)cc1C#N. The molecule has 2 aromatic rings. The largest absolute Gasteiger partial charge is 0.344 e. The number of hydrogen-bond donors (Lipinski definition) is 0. The summed E-state index contributed by atoms with van der Waals surface area (Å²) in [4.78, 5) is 1.97. The highest BCUT2D eigenvalue weighted by atomic mass is 35.5. The van der Waals surface area contributed by atoms with Gasteiger partial charge in [-0.05, 0) is 30.3 Å². The van der Waals surface area contributed by atoms with Crippen LogP contribution in [0.3, 0.4) is 0 Å². The van der Waals surface area contributed by atoms with Crippen LogP contribution in [0.15, 0.2) is 48.5 Å². The van der Waals surface area contributed by atoms with Crippen LogP contribution in [0.1, 0.15) is 5.56 Å². The Morgan fingerprint density at radius 1 is 1.12 bits per heavy atom. The Hall–Kier alpha value is -1.98. The van der Waals surface area contributed by atoms with Gasteiger partial charge in [0.1, 0.15) is 6.07 Å². The van der Waals surface area contributed by atoms with Crippen LogP contribution in [0, 0.1) is 11.3 Å². The molecule has 0 saturated carbocycles. The molecule has 17 heavy (non-hydrogen) atoms. The van der Waals surface area contributed by atoms with Crippen LogP contribution in [-0.2, 0) is 0 Å². The molecular formula is C14H11ClN2. The molecule has 3 heteroatoms. The molecule has 0 aliphatic heterocycles. The molecule has 2 aromatic carbocycles. The van der Waals surface area contributed by atoms with Crippen molar-refractivity contribution in [3.8, 4) is 6.07 Å². The van der Waals surface area contributed by atoms with E-state index in [0.29, 0.717) is 10.6 Å². The predicted molar refractivity (Wildman–Crippen MR) is 70.7 cm³/mol. The van der Waals surface area contributed by atoms with Crippen LogP contribution in [0.4, 0.5) is 11.4 Å². The number of anilines is 2. The minimum absolute atomic E-state index is 0.573. The first kappa shape index (κ1) is 11.5. The minimum Gasteiger partial charge on any atom is -0.344 e. The number of hydrogen-bond acceptors (Lipinski definition) is 2. The third-order valence-electron chi connectivity index (χ3n) is 2.58. The molecule has 0 saturated heterocycles. The van der Waals surface area contributed by atoms with Crippen molar-refractivity contribution >= 4 is 23.0 Å². The van der Waals surface area contributed by atoms with Crippen LogP contribution in [0.2, 0.25) is 5.02 Å². The van der Waals surface area contributed by atoms with Crippen molar-refractivity contribution in [1.29, 1.82) is 5.26 Å². The zero-order valence-electron chi connectivity index (χ0n) is 9.39. The van der Waals surface area contributed by atoms with Gasteiger partial charge in [0, 0.05) is 17.8 Å². The highest BCUT2D eigenvalue weighted by Gasteiger charge is 2.09. The van der Waals surface area contributed by atoms with Gasteiger partial charge in [0.25, 0.3) is 0 Å². The van der Waals surface area contributed by atoms with Gasteiger partial charge in [0.05, 0.1) is 11.3 Å². The third-order valence-corrected chi connectivity index (χ3v) is 2.82. The Bertz CT molecular complexity index is 558. The minimum atomic E-state index is 0.573. The van der Waals surface area contributed by atoms with Crippen molar-refractivity contribution in [1.82, 2.24) is 0 Å². The summed E-state index contributed by atoms with van der Waals surface area (Å²) in [5.41, 5.74) is 2.46. The normalized spacial score (nSPS) is 9.71. The zero-order valence-corrected chi connectivity index (χ0v) is 10.1. The summed E-state index contributed by atoms with van der Waals surface area (Å²) >= 11 is 5.88. The molecule has 0 radical (unpaired) electrons. The van der Waals surface area contributed by atoms with Crippen LogP contribution in [0.5, 0.6) is 0 Å². The average molecular weight is 243 g/mol. The molecule has 0 aliphatic carbocycles. The summed E-state index contributed by atoms with van der Waals surface area (Å²) in [6, 6.07) is 17.4. The average Bonchev–Trinajstić information content (AvgIpc) is 2.39. The van der Waals surface area contributed by atoms with E-state index in [-0.39, 0.29) is 0 Å². The summed E-state index contributed by atoms with van der Waals surface area (Å²) in [5, 5.41) is 9.68. The van der Waals surface area contributed by atoms with Crippen molar-refractivity contribution in [2.75, 3.05) is 11.9 Å². The molecule has 84 valence electrons. The van der Waals surface area contributed by atoms with Gasteiger partial charge in [-0.25, -0.2) is 0 Å². The van der Waals surface area contributed by atoms with Gasteiger partial charge in [-0.2, -0.15) is 5.26 Å². The Morgan fingerprint density at radius 3 is 2.47 bits per heavy atom. The van der Waals surface area contributed by atoms with E-state index in [1.807, 2.05) is 48.3 Å². The van der Waals surface area contributed by atoms with E-state index in [1.54, 1.807) is 12.1 Å². The van der Waals surface area contributed by atoms with E-state index in [1.165, 1.54) is 0 Å². The van der Waals surface area contributed by atoms with Crippen molar-refractivity contribution in [3.63, 3.8) is 0 Å². The molecular weight excluding hydrogens is 232 g/mol. The van der Waals surface area contributed by atoms with Crippen molar-refractivity contribution in [2.24, 2.45) is 0 Å². The first-order valence-electron chi connectivity index (χ1n) is 5.21. The third kappa shape index (κ3) is 2.41. The predicted octanol–water partition coefficient (Wildman–Crippen LogP) is 3.98. The number of nitriles is 1. The van der Waals surface area contributed by atoms with Gasteiger partial charge < -0.3 is 4.90 Å². The molecule has 0 atom stereocenters. The Morgan fingerprint density at radius 2 is 1.82 bits per heavy atom. The van der Waals surface area contributed by atoms with Crippen LogP contribution >= 0.6 is 11.6 Å². The molecule has 0 spiro atoms. The van der Waals surface area contributed by atoms with Crippen LogP contribution in [-0.4, -0.2) is 7.05 Å². The maximum atomic E-state index is 9.10. The number of benzene rings is 2. The summed E-state index contributed by atoms with van der Waals surface area (Å²) < 4.78 is 0. The van der Waals surface area contributed by atoms with Gasteiger partial charge in [-0.1, -0.05) is 29.8 Å². The second kappa shape index (κ2) is 4.90. The second-order valence-corrected chi connectivity index (χ2v) is 4.10. The highest BCUT2D eigenvalue weighted by Crippen LogP contribution is 2.28. The molecule has 0 heterocycles. The summed E-state index contributed by atoms with van der Waals surface area (Å²) in [6.07, 6.45) is 0. The van der Waals surface area contributed by atoms with Gasteiger partial charge in [-0.3, -0.25) is 0 Å². The molecule has 0 amide bonds. The lowest BCUT2D eigenvalue weighted by Gasteiger charge is -2.20. The zero-order chi connectivity index (χ0) is 12.3. The first-order valence-corrected chi connectivity index (χ1v) is 5.58. The first-order chi connectivity index (χ1) is 8.22. The lowest BCUT2D eigenvalue weighted by atomic mass is 10.1. The Kier molecular flexibility index (Phi) is 3.32. The van der Waals surface area contributed by atoms with Crippen LogP contribution in [0.25, 0.3) is 0 Å². The van der Waals surface area contributed by atoms with Gasteiger partial charge >= 0.3 is 0 Å². The van der Waals surface area contributed by atoms with E-state index in [4.69, 9.17) is 16.9 Å². The van der Waals surface area contributed by atoms with Crippen LogP contribution < -0.4 is 4.90 Å². The Balaban J connectivity index is 2.45. The maximum Gasteiger partial charge on any atom is 0.101 e. The fourth-order valence-corrected chi connectivity index (χ4v) is 1.85. The molecule has 2 rings (SSSR count). The van der Waals surface area contributed by atoms with E-state index in [9.17, 15) is 0 Å². The smallest absolute Gasteiger partial charge is 0.101 e. The fourth-order valence-electron chi connectivity index (χ4n) is 1.68. The molecule has 0 N–H and O–H groups in total. The van der Waals surface area contributed by atoms with E-state index in [0.717, 1.165) is 11.4 Å². The van der Waals surface area contributed by atoms with Crippen molar-refractivity contribution in [3.05, 3.63) is 59.1 Å². The fraction of sp³-hybridized carbons (Fsp3) is 0.0714. The van der Waals surface area contributed by atoms with Crippen molar-refractivity contribution in [2.45, 2.75) is 0 Å². The quantitative estimate of drug-likeness (QED) is 0.797. The number of halogens is 1. The molecule has 0 fully saturated rings. The maximum absolute atomic E-state index is 9.10. The summed E-state index contributed by atoms with van der Waals surface area (Å²) in [7, 11) is 1.93. The topological polar surface area (TPSA) is 27.0 Å². The monoisotopic (exact) mass is 242 g/mol. The molecule has 0 unspecified atom stereocenters. The lowest BCUT2D eigenvalue weighted by molar-refractivity contribution is 1.20. The summed E-state index contributed by atoms with van der Waals surface area (Å²) in [5.74, 6) is 0. The molecule has 0 aromatic heterocycles. The molecule has 0 bridgehead atoms. The van der Waals surface area contributed by atoms with E-state index in [2.05, 4.69) is 6.07 Å². The number of rotatable bonds is 2. The molecule has 0 aliphatic rings. The number of nitrogens with zero attached hydrogens (tertiary/aromatic N) is 2. The Labute approximate surface area is 106 Å². The lowest BCUT2D eigenvalue weighted by Crippen LogP contribution is -2.10. The van der Waals surface area contributed by atoms with Gasteiger partial charge in [0.2, 0.25) is 0 Å². The van der Waals surface area contributed by atoms with Gasteiger partial charge in [0.15, 0.2) is 0 Å². The second-order valence-electron chi connectivity index (χ2n) is 3.67. The highest BCUT2D eigenvalue weighted by molar-refractivity contribution is 6.30. The standard InChI is InChI=1S/C14H11ClN2/c1-17(13-5-3-2-4-6-13)14-8-7-12(15)9-11(14)10-16/h2-9H,1H3. The summed E-state index contributed by atoms with van der Waals surface area (Å²) in [6.45, 7) is 0.